The van der Waals surface area contributed by atoms with Crippen LogP contribution in [-0.2, 0) is 0 Å². The maximum atomic E-state index is 4.50. The lowest BCUT2D eigenvalue weighted by atomic mass is 9.89. The van der Waals surface area contributed by atoms with Crippen LogP contribution in [0.5, 0.6) is 0 Å². The molecule has 0 fully saturated rings. The zero-order chi connectivity index (χ0) is 26.3. The smallest absolute Gasteiger partial charge is 0.111 e. The van der Waals surface area contributed by atoms with Gasteiger partial charge >= 0.3 is 0 Å². The van der Waals surface area contributed by atoms with E-state index < -0.39 is 0 Å². The molecule has 0 aromatic heterocycles. The molecular formula is C34H70N+. The van der Waals surface area contributed by atoms with E-state index in [1.807, 2.05) is 0 Å². The van der Waals surface area contributed by atoms with E-state index in [1.165, 1.54) is 161 Å². The monoisotopic (exact) mass is 493 g/mol. The van der Waals surface area contributed by atoms with Crippen LogP contribution in [0, 0.1) is 5.41 Å². The number of nitrogens with zero attached hydrogens (tertiary/aromatic N) is 1. The largest absolute Gasteiger partial charge is 0.268 e. The van der Waals surface area contributed by atoms with Gasteiger partial charge in [0.05, 0.1) is 0 Å². The molecule has 0 unspecified atom stereocenters. The zero-order valence-electron chi connectivity index (χ0n) is 25.8. The SMILES string of the molecule is CCC.CCCCCCCCCCCCCC=[N+]=CCCCCCCCCCCCCC(C)(C)C. The van der Waals surface area contributed by atoms with Crippen molar-refractivity contribution in [2.45, 2.75) is 202 Å². The van der Waals surface area contributed by atoms with Gasteiger partial charge in [0, 0.05) is 12.8 Å². The van der Waals surface area contributed by atoms with Gasteiger partial charge in [0.1, 0.15) is 0 Å². The normalized spacial score (nSPS) is 11.0. The van der Waals surface area contributed by atoms with Gasteiger partial charge in [-0.2, -0.15) is 0 Å². The summed E-state index contributed by atoms with van der Waals surface area (Å²) in [6, 6.07) is 0. The van der Waals surface area contributed by atoms with E-state index in [9.17, 15) is 0 Å². The molecule has 0 aromatic rings. The highest BCUT2D eigenvalue weighted by Crippen LogP contribution is 2.22. The molecule has 0 atom stereocenters. The summed E-state index contributed by atoms with van der Waals surface area (Å²) in [6.45, 7) is 13.6. The number of hydrogen-bond donors (Lipinski definition) is 0. The Morgan fingerprint density at radius 1 is 0.429 bits per heavy atom. The van der Waals surface area contributed by atoms with Gasteiger partial charge in [-0.25, -0.2) is 0 Å². The molecule has 0 aliphatic heterocycles. The Balaban J connectivity index is 0. The molecule has 0 bridgehead atoms. The first-order chi connectivity index (χ1) is 17.0. The number of rotatable bonds is 24. The fourth-order valence-electron chi connectivity index (χ4n) is 4.43. The van der Waals surface area contributed by atoms with Crippen molar-refractivity contribution in [1.82, 2.24) is 4.67 Å². The third-order valence-corrected chi connectivity index (χ3v) is 6.66. The van der Waals surface area contributed by atoms with E-state index in [0.29, 0.717) is 5.41 Å². The van der Waals surface area contributed by atoms with Crippen LogP contribution in [0.4, 0.5) is 0 Å². The summed E-state index contributed by atoms with van der Waals surface area (Å²) >= 11 is 0. The highest BCUT2D eigenvalue weighted by molar-refractivity contribution is 5.65. The second kappa shape index (κ2) is 31.5. The highest BCUT2D eigenvalue weighted by atomic mass is 14.5. The molecule has 0 heterocycles. The van der Waals surface area contributed by atoms with Gasteiger partial charge in [-0.1, -0.05) is 170 Å². The van der Waals surface area contributed by atoms with E-state index in [-0.39, 0.29) is 0 Å². The molecule has 210 valence electrons. The first kappa shape index (κ1) is 36.6. The molecule has 0 aromatic carbocycles. The molecule has 0 aliphatic carbocycles. The number of unbranched alkanes of at least 4 members (excludes halogenated alkanes) is 21. The van der Waals surface area contributed by atoms with Gasteiger partial charge in [-0.05, 0) is 24.7 Å². The molecule has 0 radical (unpaired) electrons. The van der Waals surface area contributed by atoms with Gasteiger partial charge in [-0.3, -0.25) is 0 Å². The summed E-state index contributed by atoms with van der Waals surface area (Å²) < 4.78 is 4.50. The summed E-state index contributed by atoms with van der Waals surface area (Å²) in [5.41, 5.74) is 0.523. The molecular weight excluding hydrogens is 422 g/mol. The minimum Gasteiger partial charge on any atom is -0.111 e. The molecule has 0 saturated heterocycles. The lowest BCUT2D eigenvalue weighted by Crippen LogP contribution is -2.03. The first-order valence-corrected chi connectivity index (χ1v) is 16.3. The quantitative estimate of drug-likeness (QED) is 0.0722. The van der Waals surface area contributed by atoms with Crippen molar-refractivity contribution in [3.63, 3.8) is 0 Å². The van der Waals surface area contributed by atoms with E-state index in [4.69, 9.17) is 0 Å². The van der Waals surface area contributed by atoms with E-state index in [0.717, 1.165) is 0 Å². The van der Waals surface area contributed by atoms with Crippen LogP contribution in [-0.4, -0.2) is 12.4 Å². The van der Waals surface area contributed by atoms with Crippen molar-refractivity contribution >= 4 is 12.4 Å². The van der Waals surface area contributed by atoms with Crippen LogP contribution in [0.1, 0.15) is 202 Å². The Morgan fingerprint density at radius 2 is 0.714 bits per heavy atom. The van der Waals surface area contributed by atoms with Crippen molar-refractivity contribution < 1.29 is 0 Å². The summed E-state index contributed by atoms with van der Waals surface area (Å²) in [6.07, 6.45) is 39.1. The predicted octanol–water partition coefficient (Wildman–Crippen LogP) is 12.0. The third-order valence-electron chi connectivity index (χ3n) is 6.66. The second-order valence-corrected chi connectivity index (χ2v) is 12.2. The van der Waals surface area contributed by atoms with E-state index in [2.05, 4.69) is 58.6 Å². The molecule has 0 rings (SSSR count). The maximum absolute atomic E-state index is 4.50. The Labute approximate surface area is 224 Å². The average Bonchev–Trinajstić information content (AvgIpc) is 2.81. The third kappa shape index (κ3) is 40.9. The van der Waals surface area contributed by atoms with E-state index >= 15 is 0 Å². The van der Waals surface area contributed by atoms with Crippen LogP contribution < -0.4 is 4.67 Å². The first-order valence-electron chi connectivity index (χ1n) is 16.3. The summed E-state index contributed by atoms with van der Waals surface area (Å²) in [7, 11) is 0. The van der Waals surface area contributed by atoms with Gasteiger partial charge in [0.2, 0.25) is 0 Å². The van der Waals surface area contributed by atoms with Crippen LogP contribution in [0.3, 0.4) is 0 Å². The molecule has 0 N–H and O–H groups in total. The average molecular weight is 493 g/mol. The van der Waals surface area contributed by atoms with Crippen LogP contribution in [0.15, 0.2) is 0 Å². The van der Waals surface area contributed by atoms with Crippen molar-refractivity contribution in [2.75, 3.05) is 0 Å². The van der Waals surface area contributed by atoms with Crippen molar-refractivity contribution in [2.24, 2.45) is 5.41 Å². The molecule has 35 heavy (non-hydrogen) atoms. The van der Waals surface area contributed by atoms with Gasteiger partial charge < -0.3 is 0 Å². The maximum Gasteiger partial charge on any atom is 0.268 e. The molecule has 0 amide bonds. The summed E-state index contributed by atoms with van der Waals surface area (Å²) in [5.74, 6) is 0. The summed E-state index contributed by atoms with van der Waals surface area (Å²) in [5, 5.41) is 0. The van der Waals surface area contributed by atoms with Crippen molar-refractivity contribution in [3.8, 4) is 0 Å². The summed E-state index contributed by atoms with van der Waals surface area (Å²) in [4.78, 5) is 0. The van der Waals surface area contributed by atoms with Crippen molar-refractivity contribution in [1.29, 1.82) is 0 Å². The fraction of sp³-hybridized carbons (Fsp3) is 0.941. The predicted molar refractivity (Wildman–Crippen MR) is 166 cm³/mol. The Kier molecular flexibility index (Phi) is 32.9. The lowest BCUT2D eigenvalue weighted by Gasteiger charge is -2.17. The Bertz CT molecular complexity index is 424. The van der Waals surface area contributed by atoms with Gasteiger partial charge in [0.25, 0.3) is 12.4 Å². The molecule has 1 heteroatoms. The molecule has 0 spiro atoms. The molecule has 0 aliphatic rings. The standard InChI is InChI=1S/C31H62N.C3H8/c1-5-6-7-8-9-10-11-14-17-20-23-26-29-32-30-27-24-21-18-15-12-13-16-19-22-25-28-31(2,3)4;1-3-2/h29-30H,5-28H2,1-4H3;3H2,1-2H3/q+1;. The van der Waals surface area contributed by atoms with Crippen LogP contribution >= 0.6 is 0 Å². The fourth-order valence-corrected chi connectivity index (χ4v) is 4.43. The van der Waals surface area contributed by atoms with Gasteiger partial charge in [0.15, 0.2) is 0 Å². The number of hydrogen-bond acceptors (Lipinski definition) is 0. The van der Waals surface area contributed by atoms with Crippen LogP contribution in [0.25, 0.3) is 0 Å². The zero-order valence-corrected chi connectivity index (χ0v) is 25.8. The molecule has 1 nitrogen and oxygen atoms in total. The Morgan fingerprint density at radius 3 is 1.03 bits per heavy atom. The second-order valence-electron chi connectivity index (χ2n) is 12.2. The van der Waals surface area contributed by atoms with E-state index in [1.54, 1.807) is 0 Å². The Hall–Kier alpha value is -0.550. The molecule has 0 saturated carbocycles. The minimum absolute atomic E-state index is 0.523. The topological polar surface area (TPSA) is 14.1 Å². The minimum atomic E-state index is 0.523. The van der Waals surface area contributed by atoms with Crippen molar-refractivity contribution in [3.05, 3.63) is 0 Å². The highest BCUT2D eigenvalue weighted by Gasteiger charge is 2.08. The lowest BCUT2D eigenvalue weighted by molar-refractivity contribution is 0.356. The van der Waals surface area contributed by atoms with Crippen LogP contribution in [0.2, 0.25) is 0 Å². The van der Waals surface area contributed by atoms with Gasteiger partial charge in [-0.15, -0.1) is 4.67 Å².